The second kappa shape index (κ2) is 8.26. The van der Waals surface area contributed by atoms with Crippen LogP contribution in [-0.2, 0) is 4.79 Å². The topological polar surface area (TPSA) is 96.2 Å². The number of nitrogens with two attached hydrogens (primary N) is 1. The first-order valence-electron chi connectivity index (χ1n) is 7.11. The lowest BCUT2D eigenvalue weighted by atomic mass is 10.1. The van der Waals surface area contributed by atoms with Gasteiger partial charge < -0.3 is 21.7 Å². The molecule has 6 heteroatoms. The number of benzene rings is 1. The van der Waals surface area contributed by atoms with Gasteiger partial charge in [-0.25, -0.2) is 4.79 Å². The van der Waals surface area contributed by atoms with E-state index in [9.17, 15) is 9.59 Å². The summed E-state index contributed by atoms with van der Waals surface area (Å²) in [5.74, 6) is -0.440. The van der Waals surface area contributed by atoms with E-state index in [4.69, 9.17) is 5.73 Å². The van der Waals surface area contributed by atoms with Crippen LogP contribution in [0.4, 0.5) is 10.5 Å². The van der Waals surface area contributed by atoms with Crippen LogP contribution in [0.25, 0.3) is 0 Å². The Balaban J connectivity index is 2.51. The largest absolute Gasteiger partial charge is 0.370 e. The molecule has 0 radical (unpaired) electrons. The summed E-state index contributed by atoms with van der Waals surface area (Å²) in [6, 6.07) is 7.26. The Labute approximate surface area is 125 Å². The zero-order chi connectivity index (χ0) is 15.8. The maximum absolute atomic E-state index is 11.7. The van der Waals surface area contributed by atoms with Crippen molar-refractivity contribution in [1.82, 2.24) is 10.6 Å². The van der Waals surface area contributed by atoms with Crippen molar-refractivity contribution >= 4 is 17.6 Å². The van der Waals surface area contributed by atoms with E-state index in [-0.39, 0.29) is 24.5 Å². The highest BCUT2D eigenvalue weighted by atomic mass is 16.2. The Hall–Kier alpha value is -2.08. The zero-order valence-electron chi connectivity index (χ0n) is 12.8. The van der Waals surface area contributed by atoms with E-state index in [1.54, 1.807) is 6.92 Å². The summed E-state index contributed by atoms with van der Waals surface area (Å²) in [5.41, 5.74) is 6.93. The van der Waals surface area contributed by atoms with Crippen molar-refractivity contribution in [2.45, 2.75) is 39.3 Å². The fourth-order valence-electron chi connectivity index (χ4n) is 2.02. The number of rotatable bonds is 7. The molecule has 116 valence electrons. The molecule has 0 aliphatic heterocycles. The molecule has 5 N–H and O–H groups in total. The van der Waals surface area contributed by atoms with Crippen LogP contribution >= 0.6 is 0 Å². The van der Waals surface area contributed by atoms with E-state index in [0.29, 0.717) is 5.69 Å². The molecule has 1 rings (SSSR count). The zero-order valence-corrected chi connectivity index (χ0v) is 12.8. The van der Waals surface area contributed by atoms with Gasteiger partial charge in [-0.15, -0.1) is 0 Å². The molecule has 0 saturated carbocycles. The Morgan fingerprint density at radius 2 is 1.81 bits per heavy atom. The quantitative estimate of drug-likeness (QED) is 0.616. The van der Waals surface area contributed by atoms with E-state index in [2.05, 4.69) is 29.8 Å². The minimum Gasteiger partial charge on any atom is -0.370 e. The van der Waals surface area contributed by atoms with Crippen molar-refractivity contribution in [3.8, 4) is 0 Å². The van der Waals surface area contributed by atoms with Crippen LogP contribution < -0.4 is 21.7 Å². The summed E-state index contributed by atoms with van der Waals surface area (Å²) in [7, 11) is 0. The molecule has 0 aromatic heterocycles. The van der Waals surface area contributed by atoms with Gasteiger partial charge >= 0.3 is 6.03 Å². The average molecular weight is 292 g/mol. The van der Waals surface area contributed by atoms with E-state index in [1.165, 1.54) is 0 Å². The monoisotopic (exact) mass is 292 g/mol. The van der Waals surface area contributed by atoms with Crippen LogP contribution in [-0.4, -0.2) is 24.5 Å². The number of urea groups is 1. The predicted molar refractivity (Wildman–Crippen MR) is 84.0 cm³/mol. The summed E-state index contributed by atoms with van der Waals surface area (Å²) >= 11 is 0. The Morgan fingerprint density at radius 3 is 2.33 bits per heavy atom. The molecular formula is C15H24N4O2. The van der Waals surface area contributed by atoms with Gasteiger partial charge in [0.25, 0.3) is 0 Å². The molecule has 2 atom stereocenters. The fourth-order valence-corrected chi connectivity index (χ4v) is 2.02. The lowest BCUT2D eigenvalue weighted by Gasteiger charge is -2.15. The first-order valence-corrected chi connectivity index (χ1v) is 7.11. The molecule has 0 heterocycles. The third-order valence-electron chi connectivity index (χ3n) is 3.06. The van der Waals surface area contributed by atoms with Crippen LogP contribution in [0.1, 0.15) is 38.8 Å². The number of carbonyl (C=O) groups is 2. The van der Waals surface area contributed by atoms with Crippen LogP contribution in [0.15, 0.2) is 24.3 Å². The van der Waals surface area contributed by atoms with Crippen molar-refractivity contribution in [3.05, 3.63) is 29.8 Å². The van der Waals surface area contributed by atoms with E-state index >= 15 is 0 Å². The number of carbonyl (C=O) groups excluding carboxylic acids is 2. The van der Waals surface area contributed by atoms with Gasteiger partial charge in [-0.1, -0.05) is 19.1 Å². The van der Waals surface area contributed by atoms with Gasteiger partial charge in [0.05, 0.1) is 0 Å². The highest BCUT2D eigenvalue weighted by Crippen LogP contribution is 2.15. The smallest absolute Gasteiger partial charge is 0.319 e. The third-order valence-corrected chi connectivity index (χ3v) is 3.06. The second-order valence-corrected chi connectivity index (χ2v) is 5.07. The van der Waals surface area contributed by atoms with Crippen LogP contribution in [0.3, 0.4) is 0 Å². The van der Waals surface area contributed by atoms with E-state index < -0.39 is 5.91 Å². The molecule has 1 aromatic carbocycles. The molecule has 0 bridgehead atoms. The van der Waals surface area contributed by atoms with Gasteiger partial charge in [0.2, 0.25) is 5.91 Å². The maximum Gasteiger partial charge on any atom is 0.319 e. The van der Waals surface area contributed by atoms with E-state index in [0.717, 1.165) is 12.1 Å². The van der Waals surface area contributed by atoms with Crippen LogP contribution in [0, 0.1) is 0 Å². The SMILES string of the molecule is CCNC(C)c1ccc(NC(=O)NC(C)CC(N)=O)cc1. The maximum atomic E-state index is 11.7. The van der Waals surface area contributed by atoms with Crippen molar-refractivity contribution in [2.24, 2.45) is 5.73 Å². The lowest BCUT2D eigenvalue weighted by molar-refractivity contribution is -0.118. The lowest BCUT2D eigenvalue weighted by Crippen LogP contribution is -2.38. The number of amides is 3. The number of primary amides is 1. The first-order chi connectivity index (χ1) is 9.92. The summed E-state index contributed by atoms with van der Waals surface area (Å²) in [4.78, 5) is 22.5. The summed E-state index contributed by atoms with van der Waals surface area (Å²) in [6.07, 6.45) is 0.118. The number of anilines is 1. The predicted octanol–water partition coefficient (Wildman–Crippen LogP) is 1.74. The molecule has 6 nitrogen and oxygen atoms in total. The Kier molecular flexibility index (Phi) is 6.68. The van der Waals surface area contributed by atoms with Gasteiger partial charge in [-0.3, -0.25) is 4.79 Å². The molecule has 21 heavy (non-hydrogen) atoms. The third kappa shape index (κ3) is 6.27. The highest BCUT2D eigenvalue weighted by Gasteiger charge is 2.10. The minimum absolute atomic E-state index is 0.118. The highest BCUT2D eigenvalue weighted by molar-refractivity contribution is 5.89. The van der Waals surface area contributed by atoms with Gasteiger partial charge in [0.15, 0.2) is 0 Å². The Bertz CT molecular complexity index is 473. The van der Waals surface area contributed by atoms with Crippen LogP contribution in [0.5, 0.6) is 0 Å². The standard InChI is InChI=1S/C15H24N4O2/c1-4-17-11(3)12-5-7-13(8-6-12)19-15(21)18-10(2)9-14(16)20/h5-8,10-11,17H,4,9H2,1-3H3,(H2,16,20)(H2,18,19,21). The number of hydrogen-bond acceptors (Lipinski definition) is 3. The summed E-state index contributed by atoms with van der Waals surface area (Å²) in [5, 5.41) is 8.70. The van der Waals surface area contributed by atoms with Crippen molar-refractivity contribution in [3.63, 3.8) is 0 Å². The Morgan fingerprint density at radius 1 is 1.19 bits per heavy atom. The molecule has 0 fully saturated rings. The summed E-state index contributed by atoms with van der Waals surface area (Å²) in [6.45, 7) is 6.78. The van der Waals surface area contributed by atoms with Crippen LogP contribution in [0.2, 0.25) is 0 Å². The number of hydrogen-bond donors (Lipinski definition) is 4. The molecule has 3 amide bonds. The number of nitrogens with one attached hydrogen (secondary N) is 3. The van der Waals surface area contributed by atoms with Crippen molar-refractivity contribution in [2.75, 3.05) is 11.9 Å². The second-order valence-electron chi connectivity index (χ2n) is 5.07. The molecule has 0 aliphatic carbocycles. The van der Waals surface area contributed by atoms with Gasteiger partial charge in [0, 0.05) is 24.2 Å². The fraction of sp³-hybridized carbons (Fsp3) is 0.467. The van der Waals surface area contributed by atoms with Gasteiger partial charge in [-0.05, 0) is 38.1 Å². The van der Waals surface area contributed by atoms with Crippen molar-refractivity contribution in [1.29, 1.82) is 0 Å². The molecule has 1 aromatic rings. The molecule has 2 unspecified atom stereocenters. The van der Waals surface area contributed by atoms with Gasteiger partial charge in [-0.2, -0.15) is 0 Å². The molecular weight excluding hydrogens is 268 g/mol. The molecule has 0 spiro atoms. The first kappa shape index (κ1) is 17.0. The minimum atomic E-state index is -0.440. The van der Waals surface area contributed by atoms with Crippen molar-refractivity contribution < 1.29 is 9.59 Å². The normalized spacial score (nSPS) is 13.3. The molecule has 0 aliphatic rings. The van der Waals surface area contributed by atoms with E-state index in [1.807, 2.05) is 24.3 Å². The van der Waals surface area contributed by atoms with Gasteiger partial charge in [0.1, 0.15) is 0 Å². The summed E-state index contributed by atoms with van der Waals surface area (Å²) < 4.78 is 0. The molecule has 0 saturated heterocycles. The average Bonchev–Trinajstić information content (AvgIpc) is 2.38.